The molecule has 4 heterocycles. The number of hydrogen-bond acceptors (Lipinski definition) is 4. The van der Waals surface area contributed by atoms with Crippen molar-refractivity contribution < 1.29 is 18.6 Å². The zero-order valence-electron chi connectivity index (χ0n) is 23.6. The average Bonchev–Trinajstić information content (AvgIpc) is 3.72. The molecule has 1 unspecified atom stereocenters. The van der Waals surface area contributed by atoms with Crippen molar-refractivity contribution in [3.63, 3.8) is 0 Å². The van der Waals surface area contributed by atoms with Crippen molar-refractivity contribution in [2.75, 3.05) is 13.2 Å². The number of aromatic nitrogens is 4. The minimum absolute atomic E-state index is 0.0164. The molecule has 0 radical (unpaired) electrons. The molecule has 5 aromatic rings. The van der Waals surface area contributed by atoms with E-state index in [9.17, 15) is 5.11 Å². The van der Waals surface area contributed by atoms with Crippen LogP contribution in [0.15, 0.2) is 54.9 Å². The second-order valence-corrected chi connectivity index (χ2v) is 11.9. The minimum Gasteiger partial charge on any atom is -0.385 e. The molecule has 0 spiro atoms. The summed E-state index contributed by atoms with van der Waals surface area (Å²) in [4.78, 5) is 4.88. The number of nitrogens with zero attached hydrogens (tertiary/aromatic N) is 4. The summed E-state index contributed by atoms with van der Waals surface area (Å²) in [6.07, 6.45) is 6.88. The smallest absolute Gasteiger partial charge is 0.130 e. The Kier molecular flexibility index (Phi) is 6.24. The maximum Gasteiger partial charge on any atom is 0.130 e. The third kappa shape index (κ3) is 4.27. The maximum atomic E-state index is 15.8. The van der Waals surface area contributed by atoms with Crippen LogP contribution < -0.4 is 0 Å². The number of benzene rings is 2. The predicted octanol–water partition coefficient (Wildman–Crippen LogP) is 6.81. The molecule has 2 fully saturated rings. The maximum absolute atomic E-state index is 15.8. The SMILES string of the molecule is Cc1cnn(C)c1-c1cnc2c3cc(F)c(C(C)(O)C4CC4)cc3n([C@H](c3ccccc3F)C3CCOCC3)c2c1. The molecule has 2 atom stereocenters. The first kappa shape index (κ1) is 26.3. The average molecular weight is 557 g/mol. The fraction of sp³-hybridized carbons (Fsp3) is 0.394. The summed E-state index contributed by atoms with van der Waals surface area (Å²) in [6, 6.07) is 11.9. The molecule has 2 aromatic carbocycles. The van der Waals surface area contributed by atoms with Crippen molar-refractivity contribution in [3.8, 4) is 11.3 Å². The van der Waals surface area contributed by atoms with Gasteiger partial charge < -0.3 is 14.4 Å². The number of pyridine rings is 1. The Hall–Kier alpha value is -3.62. The van der Waals surface area contributed by atoms with Gasteiger partial charge in [-0.25, -0.2) is 8.78 Å². The van der Waals surface area contributed by atoms with Crippen molar-refractivity contribution in [1.29, 1.82) is 0 Å². The molecule has 2 aliphatic rings. The van der Waals surface area contributed by atoms with Crippen LogP contribution in [0.5, 0.6) is 0 Å². The fourth-order valence-corrected chi connectivity index (χ4v) is 6.92. The van der Waals surface area contributed by atoms with E-state index in [1.54, 1.807) is 25.3 Å². The van der Waals surface area contributed by atoms with Crippen molar-refractivity contribution in [2.45, 2.75) is 51.2 Å². The van der Waals surface area contributed by atoms with Gasteiger partial charge in [0.05, 0.1) is 40.1 Å². The van der Waals surface area contributed by atoms with E-state index in [0.29, 0.717) is 29.7 Å². The highest BCUT2D eigenvalue weighted by atomic mass is 19.1. The van der Waals surface area contributed by atoms with Crippen LogP contribution in [-0.2, 0) is 17.4 Å². The third-order valence-electron chi connectivity index (χ3n) is 9.25. The topological polar surface area (TPSA) is 65.1 Å². The number of aliphatic hydroxyl groups is 1. The normalized spacial score (nSPS) is 18.7. The van der Waals surface area contributed by atoms with Crippen LogP contribution >= 0.6 is 0 Å². The van der Waals surface area contributed by atoms with E-state index in [2.05, 4.69) is 15.7 Å². The molecule has 6 nitrogen and oxygen atoms in total. The van der Waals surface area contributed by atoms with Crippen LogP contribution in [0.3, 0.4) is 0 Å². The number of halogens is 2. The van der Waals surface area contributed by atoms with Gasteiger partial charge in [0.25, 0.3) is 0 Å². The summed E-state index contributed by atoms with van der Waals surface area (Å²) in [5, 5.41) is 16.5. The van der Waals surface area contributed by atoms with Crippen LogP contribution in [-0.4, -0.2) is 37.7 Å². The molecule has 8 heteroatoms. The third-order valence-corrected chi connectivity index (χ3v) is 9.25. The van der Waals surface area contributed by atoms with Crippen molar-refractivity contribution >= 4 is 21.9 Å². The standard InChI is InChI=1S/C33H34F2N4O2/c1-19-17-37-38(3)31(19)21-14-29-30(36-18-21)24-15-27(35)25(33(2,40)22-8-9-22)16-28(24)39(29)32(20-10-12-41-13-11-20)23-6-4-5-7-26(23)34/h4-7,14-18,20,22,32,40H,8-13H2,1-3H3/t32-,33?/m0/s1. The van der Waals surface area contributed by atoms with Gasteiger partial charge in [-0.2, -0.15) is 5.10 Å². The quantitative estimate of drug-likeness (QED) is 0.250. The molecule has 41 heavy (non-hydrogen) atoms. The second kappa shape index (κ2) is 9.74. The highest BCUT2D eigenvalue weighted by Crippen LogP contribution is 2.48. The first-order chi connectivity index (χ1) is 19.8. The van der Waals surface area contributed by atoms with Gasteiger partial charge in [0.2, 0.25) is 0 Å². The Labute approximate surface area is 237 Å². The lowest BCUT2D eigenvalue weighted by atomic mass is 9.86. The van der Waals surface area contributed by atoms with Crippen molar-refractivity contribution in [3.05, 3.63) is 83.2 Å². The minimum atomic E-state index is -1.30. The summed E-state index contributed by atoms with van der Waals surface area (Å²) in [7, 11) is 1.90. The molecule has 7 rings (SSSR count). The Bertz CT molecular complexity index is 1760. The lowest BCUT2D eigenvalue weighted by Gasteiger charge is -2.33. The molecule has 3 aromatic heterocycles. The van der Waals surface area contributed by atoms with E-state index in [-0.39, 0.29) is 29.3 Å². The van der Waals surface area contributed by atoms with Gasteiger partial charge in [0.15, 0.2) is 0 Å². The van der Waals surface area contributed by atoms with Gasteiger partial charge >= 0.3 is 0 Å². The van der Waals surface area contributed by atoms with Gasteiger partial charge in [-0.15, -0.1) is 0 Å². The van der Waals surface area contributed by atoms with E-state index >= 15 is 8.78 Å². The summed E-state index contributed by atoms with van der Waals surface area (Å²) >= 11 is 0. The molecule has 1 aliphatic carbocycles. The van der Waals surface area contributed by atoms with Crippen LogP contribution in [0, 0.1) is 30.4 Å². The Morgan fingerprint density at radius 3 is 2.44 bits per heavy atom. The zero-order valence-corrected chi connectivity index (χ0v) is 23.6. The molecule has 0 amide bonds. The van der Waals surface area contributed by atoms with Crippen LogP contribution in [0.2, 0.25) is 0 Å². The lowest BCUT2D eigenvalue weighted by molar-refractivity contribution is 0.0296. The summed E-state index contributed by atoms with van der Waals surface area (Å²) in [6.45, 7) is 4.91. The van der Waals surface area contributed by atoms with Crippen LogP contribution in [0.25, 0.3) is 33.2 Å². The van der Waals surface area contributed by atoms with Gasteiger partial charge in [0, 0.05) is 48.5 Å². The van der Waals surface area contributed by atoms with Gasteiger partial charge in [-0.3, -0.25) is 9.67 Å². The van der Waals surface area contributed by atoms with Gasteiger partial charge in [-0.1, -0.05) is 18.2 Å². The van der Waals surface area contributed by atoms with Crippen LogP contribution in [0.1, 0.15) is 55.3 Å². The fourth-order valence-electron chi connectivity index (χ4n) is 6.92. The Balaban J connectivity index is 1.57. The van der Waals surface area contributed by atoms with E-state index in [1.807, 2.05) is 37.0 Å². The highest BCUT2D eigenvalue weighted by Gasteiger charge is 2.43. The van der Waals surface area contributed by atoms with E-state index in [1.165, 1.54) is 12.1 Å². The predicted molar refractivity (Wildman–Crippen MR) is 155 cm³/mol. The molecule has 1 saturated carbocycles. The lowest BCUT2D eigenvalue weighted by Crippen LogP contribution is -2.28. The highest BCUT2D eigenvalue weighted by molar-refractivity contribution is 6.07. The van der Waals surface area contributed by atoms with Crippen LogP contribution in [0.4, 0.5) is 8.78 Å². The summed E-state index contributed by atoms with van der Waals surface area (Å²) < 4.78 is 41.2. The largest absolute Gasteiger partial charge is 0.385 e. The van der Waals surface area contributed by atoms with E-state index in [0.717, 1.165) is 53.5 Å². The Morgan fingerprint density at radius 2 is 1.76 bits per heavy atom. The first-order valence-electron chi connectivity index (χ1n) is 14.4. The number of ether oxygens (including phenoxy) is 1. The molecular formula is C33H34F2N4O2. The summed E-state index contributed by atoms with van der Waals surface area (Å²) in [5.41, 5.74) is 4.57. The molecule has 1 saturated heterocycles. The number of aryl methyl sites for hydroxylation is 2. The monoisotopic (exact) mass is 556 g/mol. The van der Waals surface area contributed by atoms with E-state index < -0.39 is 11.4 Å². The summed E-state index contributed by atoms with van der Waals surface area (Å²) in [5.74, 6) is -0.630. The molecule has 1 N–H and O–H groups in total. The first-order valence-corrected chi connectivity index (χ1v) is 14.4. The number of rotatable bonds is 6. The second-order valence-electron chi connectivity index (χ2n) is 11.9. The Morgan fingerprint density at radius 1 is 1.00 bits per heavy atom. The van der Waals surface area contributed by atoms with E-state index in [4.69, 9.17) is 9.72 Å². The molecule has 0 bridgehead atoms. The molecule has 1 aliphatic heterocycles. The van der Waals surface area contributed by atoms with Crippen molar-refractivity contribution in [1.82, 2.24) is 19.3 Å². The van der Waals surface area contributed by atoms with Gasteiger partial charge in [0.1, 0.15) is 11.6 Å². The zero-order chi connectivity index (χ0) is 28.5. The van der Waals surface area contributed by atoms with Crippen molar-refractivity contribution in [2.24, 2.45) is 18.9 Å². The molecule has 212 valence electrons. The number of hydrogen-bond donors (Lipinski definition) is 1. The van der Waals surface area contributed by atoms with Gasteiger partial charge in [-0.05, 0) is 81.2 Å². The molecular weight excluding hydrogens is 522 g/mol. The number of fused-ring (bicyclic) bond motifs is 3.